The van der Waals surface area contributed by atoms with E-state index in [-0.39, 0.29) is 17.7 Å². The molecule has 0 aromatic carbocycles. The summed E-state index contributed by atoms with van der Waals surface area (Å²) in [6, 6.07) is 0. The number of piperazine rings is 1. The van der Waals surface area contributed by atoms with Gasteiger partial charge in [0.05, 0.1) is 0 Å². The lowest BCUT2D eigenvalue weighted by Crippen LogP contribution is -2.46. The van der Waals surface area contributed by atoms with Crippen LogP contribution in [0.4, 0.5) is 0 Å². The van der Waals surface area contributed by atoms with Gasteiger partial charge in [-0.25, -0.2) is 0 Å². The normalized spacial score (nSPS) is 20.1. The largest absolute Gasteiger partial charge is 0.356 e. The summed E-state index contributed by atoms with van der Waals surface area (Å²) in [6.07, 6.45) is 3.36. The number of hydrogen-bond donors (Lipinski definition) is 2. The van der Waals surface area contributed by atoms with E-state index < -0.39 is 0 Å². The van der Waals surface area contributed by atoms with Crippen molar-refractivity contribution < 1.29 is 9.59 Å². The van der Waals surface area contributed by atoms with Crippen LogP contribution in [0.15, 0.2) is 0 Å². The highest BCUT2D eigenvalue weighted by Gasteiger charge is 2.29. The Balaban J connectivity index is 1.54. The van der Waals surface area contributed by atoms with Crippen LogP contribution in [0.3, 0.4) is 0 Å². The first kappa shape index (κ1) is 12.4. The quantitative estimate of drug-likeness (QED) is 0.649. The Bertz CT molecular complexity index is 283. The molecular formula is C12H21N3O2. The molecule has 0 bridgehead atoms. The molecule has 2 amide bonds. The first-order valence-corrected chi connectivity index (χ1v) is 6.53. The smallest absolute Gasteiger partial charge is 0.223 e. The average Bonchev–Trinajstić information content (AvgIpc) is 3.19. The molecule has 0 spiro atoms. The minimum absolute atomic E-state index is 0.166. The third-order valence-corrected chi connectivity index (χ3v) is 3.28. The molecule has 5 heteroatoms. The summed E-state index contributed by atoms with van der Waals surface area (Å²) in [4.78, 5) is 25.0. The highest BCUT2D eigenvalue weighted by atomic mass is 16.2. The molecule has 2 N–H and O–H groups in total. The first-order valence-electron chi connectivity index (χ1n) is 6.53. The van der Waals surface area contributed by atoms with Crippen molar-refractivity contribution in [3.8, 4) is 0 Å². The number of carbonyl (C=O) groups excluding carboxylic acids is 2. The highest BCUT2D eigenvalue weighted by Crippen LogP contribution is 2.28. The summed E-state index contributed by atoms with van der Waals surface area (Å²) in [7, 11) is 0. The predicted molar refractivity (Wildman–Crippen MR) is 64.4 cm³/mol. The standard InChI is InChI=1S/C12H21N3O2/c16-11(15-8-6-13-7-9-15)2-1-5-14-12(17)10-3-4-10/h10,13H,1-9H2,(H,14,17). The second-order valence-corrected chi connectivity index (χ2v) is 4.80. The minimum Gasteiger partial charge on any atom is -0.356 e. The molecule has 2 rings (SSSR count). The van der Waals surface area contributed by atoms with Crippen molar-refractivity contribution in [3.63, 3.8) is 0 Å². The van der Waals surface area contributed by atoms with Crippen molar-refractivity contribution in [3.05, 3.63) is 0 Å². The summed E-state index contributed by atoms with van der Waals surface area (Å²) in [5.41, 5.74) is 0. The lowest BCUT2D eigenvalue weighted by atomic mass is 10.2. The van der Waals surface area contributed by atoms with Crippen molar-refractivity contribution in [1.82, 2.24) is 15.5 Å². The van der Waals surface area contributed by atoms with Gasteiger partial charge in [-0.05, 0) is 19.3 Å². The number of hydrogen-bond acceptors (Lipinski definition) is 3. The van der Waals surface area contributed by atoms with E-state index in [1.54, 1.807) is 0 Å². The van der Waals surface area contributed by atoms with Gasteiger partial charge in [-0.15, -0.1) is 0 Å². The second kappa shape index (κ2) is 6.00. The summed E-state index contributed by atoms with van der Waals surface area (Å²) >= 11 is 0. The molecule has 17 heavy (non-hydrogen) atoms. The molecule has 1 aliphatic heterocycles. The summed E-state index contributed by atoms with van der Waals surface area (Å²) in [5.74, 6) is 0.644. The van der Waals surface area contributed by atoms with E-state index in [0.717, 1.165) is 45.4 Å². The fraction of sp³-hybridized carbons (Fsp3) is 0.833. The van der Waals surface area contributed by atoms with E-state index in [4.69, 9.17) is 0 Å². The van der Waals surface area contributed by atoms with Crippen LogP contribution in [0.5, 0.6) is 0 Å². The highest BCUT2D eigenvalue weighted by molar-refractivity contribution is 5.81. The first-order chi connectivity index (χ1) is 8.27. The van der Waals surface area contributed by atoms with Gasteiger partial charge in [0.25, 0.3) is 0 Å². The van der Waals surface area contributed by atoms with Crippen LogP contribution in [-0.2, 0) is 9.59 Å². The molecule has 0 unspecified atom stereocenters. The van der Waals surface area contributed by atoms with Crippen LogP contribution in [0, 0.1) is 5.92 Å². The topological polar surface area (TPSA) is 61.4 Å². The number of carbonyl (C=O) groups is 2. The molecule has 1 aliphatic carbocycles. The molecule has 0 atom stereocenters. The third kappa shape index (κ3) is 4.00. The van der Waals surface area contributed by atoms with Crippen molar-refractivity contribution in [2.75, 3.05) is 32.7 Å². The Morgan fingerprint density at radius 2 is 1.94 bits per heavy atom. The van der Waals surface area contributed by atoms with Gasteiger partial charge in [0.15, 0.2) is 0 Å². The maximum atomic E-state index is 11.8. The zero-order valence-electron chi connectivity index (χ0n) is 10.2. The predicted octanol–water partition coefficient (Wildman–Crippen LogP) is -0.275. The molecule has 2 aliphatic rings. The van der Waals surface area contributed by atoms with Gasteiger partial charge < -0.3 is 15.5 Å². The van der Waals surface area contributed by atoms with Crippen LogP contribution in [0.1, 0.15) is 25.7 Å². The van der Waals surface area contributed by atoms with Crippen LogP contribution in [-0.4, -0.2) is 49.4 Å². The monoisotopic (exact) mass is 239 g/mol. The van der Waals surface area contributed by atoms with Gasteiger partial charge in [0.2, 0.25) is 11.8 Å². The van der Waals surface area contributed by atoms with Gasteiger partial charge in [-0.3, -0.25) is 9.59 Å². The SMILES string of the molecule is O=C(NCCCC(=O)N1CCNCC1)C1CC1. The number of rotatable bonds is 5. The van der Waals surface area contributed by atoms with Gasteiger partial charge in [-0.1, -0.05) is 0 Å². The molecule has 5 nitrogen and oxygen atoms in total. The number of nitrogens with zero attached hydrogens (tertiary/aromatic N) is 1. The Labute approximate surface area is 102 Å². The van der Waals surface area contributed by atoms with E-state index in [9.17, 15) is 9.59 Å². The van der Waals surface area contributed by atoms with Crippen molar-refractivity contribution in [2.24, 2.45) is 5.92 Å². The van der Waals surface area contributed by atoms with E-state index in [1.807, 2.05) is 4.90 Å². The van der Waals surface area contributed by atoms with E-state index in [0.29, 0.717) is 13.0 Å². The van der Waals surface area contributed by atoms with Crippen LogP contribution in [0.25, 0.3) is 0 Å². The van der Waals surface area contributed by atoms with Crippen LogP contribution in [0.2, 0.25) is 0 Å². The maximum absolute atomic E-state index is 11.8. The fourth-order valence-electron chi connectivity index (χ4n) is 2.01. The lowest BCUT2D eigenvalue weighted by molar-refractivity contribution is -0.132. The van der Waals surface area contributed by atoms with E-state index in [2.05, 4.69) is 10.6 Å². The van der Waals surface area contributed by atoms with Crippen LogP contribution >= 0.6 is 0 Å². The second-order valence-electron chi connectivity index (χ2n) is 4.80. The molecule has 0 radical (unpaired) electrons. The third-order valence-electron chi connectivity index (χ3n) is 3.28. The lowest BCUT2D eigenvalue weighted by Gasteiger charge is -2.27. The average molecular weight is 239 g/mol. The Hall–Kier alpha value is -1.10. The van der Waals surface area contributed by atoms with Gasteiger partial charge in [0.1, 0.15) is 0 Å². The molecule has 1 saturated carbocycles. The zero-order valence-corrected chi connectivity index (χ0v) is 10.2. The summed E-state index contributed by atoms with van der Waals surface area (Å²) in [6.45, 7) is 4.04. The maximum Gasteiger partial charge on any atom is 0.223 e. The fourth-order valence-corrected chi connectivity index (χ4v) is 2.01. The summed E-state index contributed by atoms with van der Waals surface area (Å²) in [5, 5.41) is 6.10. The molecule has 1 saturated heterocycles. The Morgan fingerprint density at radius 3 is 2.59 bits per heavy atom. The molecule has 0 aromatic rings. The van der Waals surface area contributed by atoms with E-state index >= 15 is 0 Å². The van der Waals surface area contributed by atoms with Crippen molar-refractivity contribution in [1.29, 1.82) is 0 Å². The minimum atomic E-state index is 0.166. The van der Waals surface area contributed by atoms with Crippen LogP contribution < -0.4 is 10.6 Å². The zero-order chi connectivity index (χ0) is 12.1. The van der Waals surface area contributed by atoms with Crippen molar-refractivity contribution in [2.45, 2.75) is 25.7 Å². The summed E-state index contributed by atoms with van der Waals surface area (Å²) < 4.78 is 0. The molecule has 96 valence electrons. The Morgan fingerprint density at radius 1 is 1.24 bits per heavy atom. The van der Waals surface area contributed by atoms with Gasteiger partial charge in [0, 0.05) is 45.1 Å². The van der Waals surface area contributed by atoms with E-state index in [1.165, 1.54) is 0 Å². The molecular weight excluding hydrogens is 218 g/mol. The molecule has 2 fully saturated rings. The van der Waals surface area contributed by atoms with Gasteiger partial charge in [-0.2, -0.15) is 0 Å². The van der Waals surface area contributed by atoms with Gasteiger partial charge >= 0.3 is 0 Å². The number of amides is 2. The Kier molecular flexibility index (Phi) is 4.36. The van der Waals surface area contributed by atoms with Crippen molar-refractivity contribution >= 4 is 11.8 Å². The number of nitrogens with one attached hydrogen (secondary N) is 2. The molecule has 0 aromatic heterocycles. The molecule has 1 heterocycles.